The maximum absolute atomic E-state index is 12.7. The van der Waals surface area contributed by atoms with Crippen molar-refractivity contribution in [2.75, 3.05) is 26.1 Å². The standard InChI is InChI=1S/C21H24N2O4/c1-26-17-9-5-3-7-15(17)11-14-22-19(24)21(12-13-21)20(25)23-16-8-4-6-10-18(16)27-2/h3-10H,11-14H2,1-2H3,(H,22,24)(H,23,25). The van der Waals surface area contributed by atoms with Crippen molar-refractivity contribution in [3.63, 3.8) is 0 Å². The van der Waals surface area contributed by atoms with Gasteiger partial charge in [0, 0.05) is 6.54 Å². The number of methoxy groups -OCH3 is 2. The van der Waals surface area contributed by atoms with Gasteiger partial charge in [0.25, 0.3) is 0 Å². The highest BCUT2D eigenvalue weighted by atomic mass is 16.5. The number of anilines is 1. The molecule has 0 atom stereocenters. The van der Waals surface area contributed by atoms with Gasteiger partial charge in [0.2, 0.25) is 11.8 Å². The Morgan fingerprint density at radius 1 is 0.926 bits per heavy atom. The zero-order valence-electron chi connectivity index (χ0n) is 15.6. The molecule has 0 bridgehead atoms. The molecule has 0 saturated heterocycles. The smallest absolute Gasteiger partial charge is 0.240 e. The van der Waals surface area contributed by atoms with E-state index in [2.05, 4.69) is 10.6 Å². The van der Waals surface area contributed by atoms with Gasteiger partial charge in [-0.3, -0.25) is 9.59 Å². The number of hydrogen-bond acceptors (Lipinski definition) is 4. The van der Waals surface area contributed by atoms with E-state index in [0.29, 0.717) is 37.2 Å². The summed E-state index contributed by atoms with van der Waals surface area (Å²) in [6, 6.07) is 14.9. The third-order valence-corrected chi connectivity index (χ3v) is 4.85. The second-order valence-electron chi connectivity index (χ2n) is 6.55. The third kappa shape index (κ3) is 4.05. The van der Waals surface area contributed by atoms with Crippen LogP contribution in [-0.4, -0.2) is 32.6 Å². The maximum Gasteiger partial charge on any atom is 0.240 e. The molecule has 0 radical (unpaired) electrons. The first-order valence-electron chi connectivity index (χ1n) is 8.95. The Balaban J connectivity index is 1.58. The number of benzene rings is 2. The molecule has 2 amide bonds. The number of carbonyl (C=O) groups is 2. The van der Waals surface area contributed by atoms with Gasteiger partial charge in [-0.15, -0.1) is 0 Å². The van der Waals surface area contributed by atoms with Gasteiger partial charge in [-0.2, -0.15) is 0 Å². The predicted molar refractivity (Wildman–Crippen MR) is 103 cm³/mol. The topological polar surface area (TPSA) is 76.7 Å². The molecule has 0 heterocycles. The third-order valence-electron chi connectivity index (χ3n) is 4.85. The maximum atomic E-state index is 12.7. The Bertz CT molecular complexity index is 830. The van der Waals surface area contributed by atoms with E-state index in [4.69, 9.17) is 9.47 Å². The van der Waals surface area contributed by atoms with Crippen LogP contribution in [0, 0.1) is 5.41 Å². The Morgan fingerprint density at radius 2 is 1.56 bits per heavy atom. The molecule has 2 aromatic rings. The summed E-state index contributed by atoms with van der Waals surface area (Å²) in [6.07, 6.45) is 1.74. The lowest BCUT2D eigenvalue weighted by Gasteiger charge is -2.17. The van der Waals surface area contributed by atoms with Crippen molar-refractivity contribution in [3.8, 4) is 11.5 Å². The number of ether oxygens (including phenoxy) is 2. The fourth-order valence-corrected chi connectivity index (χ4v) is 3.06. The summed E-state index contributed by atoms with van der Waals surface area (Å²) >= 11 is 0. The van der Waals surface area contributed by atoms with Crippen LogP contribution in [0.25, 0.3) is 0 Å². The predicted octanol–water partition coefficient (Wildman–Crippen LogP) is 2.78. The quantitative estimate of drug-likeness (QED) is 0.703. The zero-order valence-corrected chi connectivity index (χ0v) is 15.6. The van der Waals surface area contributed by atoms with E-state index in [1.54, 1.807) is 26.4 Å². The minimum Gasteiger partial charge on any atom is -0.496 e. The summed E-state index contributed by atoms with van der Waals surface area (Å²) in [6.45, 7) is 0.447. The largest absolute Gasteiger partial charge is 0.496 e. The first kappa shape index (κ1) is 18.8. The molecule has 1 fully saturated rings. The number of rotatable bonds is 8. The molecule has 0 spiro atoms. The zero-order chi connectivity index (χ0) is 19.3. The van der Waals surface area contributed by atoms with Crippen LogP contribution in [0.2, 0.25) is 0 Å². The van der Waals surface area contributed by atoms with Gasteiger partial charge >= 0.3 is 0 Å². The highest BCUT2D eigenvalue weighted by Gasteiger charge is 2.56. The molecule has 2 aromatic carbocycles. The monoisotopic (exact) mass is 368 g/mol. The van der Waals surface area contributed by atoms with Crippen molar-refractivity contribution in [2.45, 2.75) is 19.3 Å². The van der Waals surface area contributed by atoms with Gasteiger partial charge in [-0.1, -0.05) is 30.3 Å². The normalized spacial score (nSPS) is 14.1. The molecule has 1 saturated carbocycles. The van der Waals surface area contributed by atoms with Gasteiger partial charge in [0.05, 0.1) is 19.9 Å². The van der Waals surface area contributed by atoms with Crippen LogP contribution < -0.4 is 20.1 Å². The summed E-state index contributed by atoms with van der Waals surface area (Å²) in [5.41, 5.74) is 0.600. The lowest BCUT2D eigenvalue weighted by molar-refractivity contribution is -0.134. The number of hydrogen-bond donors (Lipinski definition) is 2. The van der Waals surface area contributed by atoms with E-state index >= 15 is 0 Å². The van der Waals surface area contributed by atoms with E-state index in [1.165, 1.54) is 0 Å². The van der Waals surface area contributed by atoms with Gasteiger partial charge in [0.15, 0.2) is 0 Å². The average molecular weight is 368 g/mol. The van der Waals surface area contributed by atoms with Gasteiger partial charge in [0.1, 0.15) is 16.9 Å². The molecule has 2 N–H and O–H groups in total. The molecule has 0 aliphatic heterocycles. The number of carbonyl (C=O) groups excluding carboxylic acids is 2. The van der Waals surface area contributed by atoms with Crippen LogP contribution in [0.3, 0.4) is 0 Å². The summed E-state index contributed by atoms with van der Waals surface area (Å²) in [5.74, 6) is 0.839. The molecule has 142 valence electrons. The van der Waals surface area contributed by atoms with Crippen molar-refractivity contribution in [1.82, 2.24) is 5.32 Å². The van der Waals surface area contributed by atoms with Crippen molar-refractivity contribution < 1.29 is 19.1 Å². The second-order valence-corrected chi connectivity index (χ2v) is 6.55. The molecule has 6 heteroatoms. The molecule has 3 rings (SSSR count). The van der Waals surface area contributed by atoms with Crippen molar-refractivity contribution in [1.29, 1.82) is 0 Å². The minimum absolute atomic E-state index is 0.232. The summed E-state index contributed by atoms with van der Waals surface area (Å²) in [5, 5.41) is 5.72. The second kappa shape index (κ2) is 8.12. The Labute approximate surface area is 158 Å². The fraction of sp³-hybridized carbons (Fsp3) is 0.333. The van der Waals surface area contributed by atoms with E-state index in [0.717, 1.165) is 11.3 Å². The Kier molecular flexibility index (Phi) is 5.64. The molecule has 0 unspecified atom stereocenters. The first-order valence-corrected chi connectivity index (χ1v) is 8.95. The van der Waals surface area contributed by atoms with Crippen LogP contribution in [0.15, 0.2) is 48.5 Å². The van der Waals surface area contributed by atoms with Crippen molar-refractivity contribution in [2.24, 2.45) is 5.41 Å². The summed E-state index contributed by atoms with van der Waals surface area (Å²) in [4.78, 5) is 25.3. The summed E-state index contributed by atoms with van der Waals surface area (Å²) < 4.78 is 10.6. The first-order chi connectivity index (χ1) is 13.1. The van der Waals surface area contributed by atoms with Crippen LogP contribution in [0.4, 0.5) is 5.69 Å². The molecule has 0 aromatic heterocycles. The average Bonchev–Trinajstić information content (AvgIpc) is 3.51. The highest BCUT2D eigenvalue weighted by Crippen LogP contribution is 2.47. The van der Waals surface area contributed by atoms with Crippen molar-refractivity contribution in [3.05, 3.63) is 54.1 Å². The highest BCUT2D eigenvalue weighted by molar-refractivity contribution is 6.13. The van der Waals surface area contributed by atoms with Crippen LogP contribution in [0.5, 0.6) is 11.5 Å². The molecular weight excluding hydrogens is 344 g/mol. The fourth-order valence-electron chi connectivity index (χ4n) is 3.06. The number of amides is 2. The lowest BCUT2D eigenvalue weighted by Crippen LogP contribution is -2.40. The van der Waals surface area contributed by atoms with E-state index in [1.807, 2.05) is 36.4 Å². The molecular formula is C21H24N2O4. The molecule has 27 heavy (non-hydrogen) atoms. The number of para-hydroxylation sites is 3. The van der Waals surface area contributed by atoms with Crippen LogP contribution >= 0.6 is 0 Å². The SMILES string of the molecule is COc1ccccc1CCNC(=O)C1(C(=O)Nc2ccccc2OC)CC1. The van der Waals surface area contributed by atoms with Crippen molar-refractivity contribution >= 4 is 17.5 Å². The minimum atomic E-state index is -0.984. The van der Waals surface area contributed by atoms with E-state index in [-0.39, 0.29) is 11.8 Å². The van der Waals surface area contributed by atoms with Gasteiger partial charge in [-0.25, -0.2) is 0 Å². The van der Waals surface area contributed by atoms with Gasteiger partial charge in [-0.05, 0) is 43.0 Å². The molecule has 1 aliphatic rings. The number of nitrogens with one attached hydrogen (secondary N) is 2. The molecule has 1 aliphatic carbocycles. The summed E-state index contributed by atoms with van der Waals surface area (Å²) in [7, 11) is 3.17. The lowest BCUT2D eigenvalue weighted by atomic mass is 10.0. The van der Waals surface area contributed by atoms with Crippen LogP contribution in [0.1, 0.15) is 18.4 Å². The Hall–Kier alpha value is -3.02. The van der Waals surface area contributed by atoms with Gasteiger partial charge < -0.3 is 20.1 Å². The van der Waals surface area contributed by atoms with E-state index < -0.39 is 5.41 Å². The van der Waals surface area contributed by atoms with E-state index in [9.17, 15) is 9.59 Å². The van der Waals surface area contributed by atoms with Crippen LogP contribution in [-0.2, 0) is 16.0 Å². The molecule has 6 nitrogen and oxygen atoms in total. The Morgan fingerprint density at radius 3 is 2.22 bits per heavy atom.